The standard InChI is InChI=1S/C18H23NO2/c1-14(2)21-17-9-6-7-15(11-17)12-19-13-16-8-4-5-10-18(16)20-3/h4-11,14,19H,12-13H2,1-3H3. The van der Waals surface area contributed by atoms with Gasteiger partial charge in [-0.25, -0.2) is 0 Å². The van der Waals surface area contributed by atoms with E-state index >= 15 is 0 Å². The molecule has 0 bridgehead atoms. The predicted molar refractivity (Wildman–Crippen MR) is 85.7 cm³/mol. The number of hydrogen-bond donors (Lipinski definition) is 1. The maximum atomic E-state index is 5.71. The number of methoxy groups -OCH3 is 1. The molecule has 0 heterocycles. The number of rotatable bonds is 7. The van der Waals surface area contributed by atoms with Crippen LogP contribution in [0.3, 0.4) is 0 Å². The summed E-state index contributed by atoms with van der Waals surface area (Å²) in [6.45, 7) is 5.64. The molecule has 0 unspecified atom stereocenters. The van der Waals surface area contributed by atoms with E-state index in [9.17, 15) is 0 Å². The lowest BCUT2D eigenvalue weighted by Crippen LogP contribution is -2.13. The van der Waals surface area contributed by atoms with Crippen LogP contribution in [-0.4, -0.2) is 13.2 Å². The highest BCUT2D eigenvalue weighted by Crippen LogP contribution is 2.18. The van der Waals surface area contributed by atoms with Crippen molar-refractivity contribution in [1.29, 1.82) is 0 Å². The van der Waals surface area contributed by atoms with Crippen LogP contribution in [0.15, 0.2) is 48.5 Å². The van der Waals surface area contributed by atoms with Crippen LogP contribution >= 0.6 is 0 Å². The molecule has 0 aromatic heterocycles. The smallest absolute Gasteiger partial charge is 0.123 e. The molecule has 3 nitrogen and oxygen atoms in total. The third-order valence-corrected chi connectivity index (χ3v) is 3.11. The molecule has 3 heteroatoms. The predicted octanol–water partition coefficient (Wildman–Crippen LogP) is 3.77. The van der Waals surface area contributed by atoms with Gasteiger partial charge < -0.3 is 14.8 Å². The molecule has 21 heavy (non-hydrogen) atoms. The Morgan fingerprint density at radius 1 is 1.00 bits per heavy atom. The molecule has 0 spiro atoms. The van der Waals surface area contributed by atoms with Gasteiger partial charge in [-0.15, -0.1) is 0 Å². The van der Waals surface area contributed by atoms with E-state index < -0.39 is 0 Å². The summed E-state index contributed by atoms with van der Waals surface area (Å²) >= 11 is 0. The molecule has 0 amide bonds. The van der Waals surface area contributed by atoms with Crippen LogP contribution in [0.2, 0.25) is 0 Å². The summed E-state index contributed by atoms with van der Waals surface area (Å²) < 4.78 is 11.1. The van der Waals surface area contributed by atoms with Gasteiger partial charge in [0.2, 0.25) is 0 Å². The number of nitrogens with one attached hydrogen (secondary N) is 1. The minimum absolute atomic E-state index is 0.196. The van der Waals surface area contributed by atoms with Crippen LogP contribution in [0.1, 0.15) is 25.0 Å². The Balaban J connectivity index is 1.91. The Morgan fingerprint density at radius 2 is 1.81 bits per heavy atom. The molecule has 0 atom stereocenters. The van der Waals surface area contributed by atoms with Gasteiger partial charge in [-0.3, -0.25) is 0 Å². The average Bonchev–Trinajstić information content (AvgIpc) is 2.47. The van der Waals surface area contributed by atoms with E-state index in [-0.39, 0.29) is 6.10 Å². The van der Waals surface area contributed by atoms with Crippen LogP contribution in [0.4, 0.5) is 0 Å². The Labute approximate surface area is 126 Å². The van der Waals surface area contributed by atoms with Crippen LogP contribution in [0.5, 0.6) is 11.5 Å². The van der Waals surface area contributed by atoms with E-state index in [4.69, 9.17) is 9.47 Å². The fourth-order valence-corrected chi connectivity index (χ4v) is 2.19. The molecule has 2 rings (SSSR count). The third kappa shape index (κ3) is 4.80. The highest BCUT2D eigenvalue weighted by molar-refractivity contribution is 5.33. The summed E-state index contributed by atoms with van der Waals surface area (Å²) in [6.07, 6.45) is 0.196. The third-order valence-electron chi connectivity index (χ3n) is 3.11. The number of para-hydroxylation sites is 1. The number of benzene rings is 2. The van der Waals surface area contributed by atoms with Crippen molar-refractivity contribution in [2.75, 3.05) is 7.11 Å². The molecule has 2 aromatic rings. The second-order valence-corrected chi connectivity index (χ2v) is 5.23. The zero-order chi connectivity index (χ0) is 15.1. The molecule has 112 valence electrons. The maximum Gasteiger partial charge on any atom is 0.123 e. The van der Waals surface area contributed by atoms with Crippen molar-refractivity contribution < 1.29 is 9.47 Å². The van der Waals surface area contributed by atoms with Gasteiger partial charge in [-0.1, -0.05) is 30.3 Å². The lowest BCUT2D eigenvalue weighted by Gasteiger charge is -2.12. The molecule has 0 aliphatic carbocycles. The van der Waals surface area contributed by atoms with Crippen molar-refractivity contribution >= 4 is 0 Å². The molecule has 0 radical (unpaired) electrons. The van der Waals surface area contributed by atoms with Gasteiger partial charge in [-0.2, -0.15) is 0 Å². The van der Waals surface area contributed by atoms with E-state index in [0.717, 1.165) is 30.2 Å². The maximum absolute atomic E-state index is 5.71. The summed E-state index contributed by atoms with van der Waals surface area (Å²) in [7, 11) is 1.70. The van der Waals surface area contributed by atoms with Gasteiger partial charge in [0.25, 0.3) is 0 Å². The highest BCUT2D eigenvalue weighted by Gasteiger charge is 2.02. The highest BCUT2D eigenvalue weighted by atomic mass is 16.5. The van der Waals surface area contributed by atoms with E-state index in [1.54, 1.807) is 7.11 Å². The fourth-order valence-electron chi connectivity index (χ4n) is 2.19. The minimum Gasteiger partial charge on any atom is -0.496 e. The first-order valence-corrected chi connectivity index (χ1v) is 7.27. The lowest BCUT2D eigenvalue weighted by molar-refractivity contribution is 0.242. The summed E-state index contributed by atoms with van der Waals surface area (Å²) in [4.78, 5) is 0. The van der Waals surface area contributed by atoms with Gasteiger partial charge in [0.1, 0.15) is 11.5 Å². The molecule has 1 N–H and O–H groups in total. The van der Waals surface area contributed by atoms with Gasteiger partial charge in [0, 0.05) is 18.7 Å². The van der Waals surface area contributed by atoms with E-state index in [1.807, 2.05) is 44.2 Å². The van der Waals surface area contributed by atoms with Gasteiger partial charge in [0.15, 0.2) is 0 Å². The van der Waals surface area contributed by atoms with E-state index in [1.165, 1.54) is 5.56 Å². The average molecular weight is 285 g/mol. The molecule has 0 fully saturated rings. The number of ether oxygens (including phenoxy) is 2. The second kappa shape index (κ2) is 7.70. The lowest BCUT2D eigenvalue weighted by atomic mass is 10.2. The summed E-state index contributed by atoms with van der Waals surface area (Å²) in [5, 5.41) is 3.44. The summed E-state index contributed by atoms with van der Waals surface area (Å²) in [5.74, 6) is 1.84. The van der Waals surface area contributed by atoms with Crippen LogP contribution in [-0.2, 0) is 13.1 Å². The molecule has 2 aromatic carbocycles. The molecular weight excluding hydrogens is 262 g/mol. The van der Waals surface area contributed by atoms with E-state index in [2.05, 4.69) is 23.5 Å². The summed E-state index contributed by atoms with van der Waals surface area (Å²) in [6, 6.07) is 16.3. The number of hydrogen-bond acceptors (Lipinski definition) is 3. The van der Waals surface area contributed by atoms with Crippen molar-refractivity contribution in [3.8, 4) is 11.5 Å². The van der Waals surface area contributed by atoms with Crippen molar-refractivity contribution in [1.82, 2.24) is 5.32 Å². The van der Waals surface area contributed by atoms with Crippen LogP contribution < -0.4 is 14.8 Å². The molecule has 0 aliphatic heterocycles. The van der Waals surface area contributed by atoms with Crippen LogP contribution in [0, 0.1) is 0 Å². The minimum atomic E-state index is 0.196. The Kier molecular flexibility index (Phi) is 5.64. The van der Waals surface area contributed by atoms with E-state index in [0.29, 0.717) is 0 Å². The quantitative estimate of drug-likeness (QED) is 0.840. The van der Waals surface area contributed by atoms with Gasteiger partial charge >= 0.3 is 0 Å². The first-order valence-electron chi connectivity index (χ1n) is 7.27. The SMILES string of the molecule is COc1ccccc1CNCc1cccc(OC(C)C)c1. The van der Waals surface area contributed by atoms with Crippen molar-refractivity contribution in [3.05, 3.63) is 59.7 Å². The largest absolute Gasteiger partial charge is 0.496 e. The Morgan fingerprint density at radius 3 is 2.57 bits per heavy atom. The fraction of sp³-hybridized carbons (Fsp3) is 0.333. The van der Waals surface area contributed by atoms with Crippen molar-refractivity contribution in [2.24, 2.45) is 0 Å². The van der Waals surface area contributed by atoms with Crippen molar-refractivity contribution in [3.63, 3.8) is 0 Å². The Hall–Kier alpha value is -2.00. The van der Waals surface area contributed by atoms with Gasteiger partial charge in [0.05, 0.1) is 13.2 Å². The monoisotopic (exact) mass is 285 g/mol. The molecule has 0 saturated carbocycles. The van der Waals surface area contributed by atoms with Crippen LogP contribution in [0.25, 0.3) is 0 Å². The van der Waals surface area contributed by atoms with Crippen molar-refractivity contribution in [2.45, 2.75) is 33.0 Å². The zero-order valence-electron chi connectivity index (χ0n) is 12.9. The Bertz CT molecular complexity index is 567. The molecular formula is C18H23NO2. The molecule has 0 saturated heterocycles. The second-order valence-electron chi connectivity index (χ2n) is 5.23. The molecule has 0 aliphatic rings. The zero-order valence-corrected chi connectivity index (χ0v) is 12.9. The normalized spacial score (nSPS) is 10.7. The topological polar surface area (TPSA) is 30.5 Å². The first kappa shape index (κ1) is 15.4. The summed E-state index contributed by atoms with van der Waals surface area (Å²) in [5.41, 5.74) is 2.37. The van der Waals surface area contributed by atoms with Gasteiger partial charge in [-0.05, 0) is 37.6 Å². The first-order chi connectivity index (χ1) is 10.2.